The van der Waals surface area contributed by atoms with E-state index in [2.05, 4.69) is 11.4 Å². The predicted octanol–water partition coefficient (Wildman–Crippen LogP) is -0.659. The van der Waals surface area contributed by atoms with Gasteiger partial charge in [0.2, 0.25) is 11.6 Å². The van der Waals surface area contributed by atoms with Gasteiger partial charge < -0.3 is 15.0 Å². The van der Waals surface area contributed by atoms with E-state index < -0.39 is 29.6 Å². The van der Waals surface area contributed by atoms with E-state index in [9.17, 15) is 24.4 Å². The lowest BCUT2D eigenvalue weighted by Gasteiger charge is -2.51. The monoisotopic (exact) mass is 400 g/mol. The van der Waals surface area contributed by atoms with Gasteiger partial charge in [-0.25, -0.2) is 0 Å². The highest BCUT2D eigenvalue weighted by molar-refractivity contribution is 6.35. The molecule has 0 aromatic heterocycles. The minimum absolute atomic E-state index is 0.0160. The molecular formula is C20H24N4O5. The van der Waals surface area contributed by atoms with E-state index >= 15 is 0 Å². The summed E-state index contributed by atoms with van der Waals surface area (Å²) in [6.07, 6.45) is 0.341. The van der Waals surface area contributed by atoms with E-state index in [0.717, 1.165) is 6.92 Å². The SMILES string of the molecule is COC1=C(C)C(=O)C2=C(C1=O)[C@H](CNC(=O)C(C)=O)N1[C@@H](C2)CN(C)C[C@@H]1C#N. The number of methoxy groups -OCH3 is 1. The minimum atomic E-state index is -0.773. The Labute approximate surface area is 168 Å². The maximum absolute atomic E-state index is 13.2. The molecule has 1 amide bonds. The number of hydrogen-bond acceptors (Lipinski definition) is 8. The summed E-state index contributed by atoms with van der Waals surface area (Å²) >= 11 is 0. The Bertz CT molecular complexity index is 897. The molecule has 3 aliphatic rings. The van der Waals surface area contributed by atoms with Gasteiger partial charge in [-0.15, -0.1) is 0 Å². The third-order valence-corrected chi connectivity index (χ3v) is 5.78. The first-order valence-electron chi connectivity index (χ1n) is 9.42. The molecule has 3 rings (SSSR count). The maximum atomic E-state index is 13.2. The van der Waals surface area contributed by atoms with Crippen molar-refractivity contribution in [2.45, 2.75) is 38.4 Å². The Kier molecular flexibility index (Phi) is 5.68. The topological polar surface area (TPSA) is 120 Å². The molecule has 2 heterocycles. The van der Waals surface area contributed by atoms with Crippen molar-refractivity contribution < 1.29 is 23.9 Å². The van der Waals surface area contributed by atoms with Crippen LogP contribution in [0, 0.1) is 11.3 Å². The molecule has 9 heteroatoms. The highest BCUT2D eigenvalue weighted by atomic mass is 16.5. The van der Waals surface area contributed by atoms with Crippen LogP contribution >= 0.6 is 0 Å². The molecule has 9 nitrogen and oxygen atoms in total. The van der Waals surface area contributed by atoms with Gasteiger partial charge in [0.25, 0.3) is 5.91 Å². The van der Waals surface area contributed by atoms with Crippen molar-refractivity contribution in [3.05, 3.63) is 22.5 Å². The van der Waals surface area contributed by atoms with Gasteiger partial charge in [-0.2, -0.15) is 5.26 Å². The average molecular weight is 400 g/mol. The van der Waals surface area contributed by atoms with Crippen LogP contribution in [0.3, 0.4) is 0 Å². The van der Waals surface area contributed by atoms with Crippen LogP contribution in [0.2, 0.25) is 0 Å². The zero-order valence-electron chi connectivity index (χ0n) is 16.9. The molecule has 1 fully saturated rings. The number of hydrogen-bond donors (Lipinski definition) is 1. The lowest BCUT2D eigenvalue weighted by atomic mass is 9.76. The van der Waals surface area contributed by atoms with Crippen LogP contribution in [0.4, 0.5) is 0 Å². The van der Waals surface area contributed by atoms with Crippen molar-refractivity contribution in [3.63, 3.8) is 0 Å². The van der Waals surface area contributed by atoms with Gasteiger partial charge in [0.05, 0.1) is 19.2 Å². The van der Waals surface area contributed by atoms with Crippen LogP contribution in [0.5, 0.6) is 0 Å². The number of fused-ring (bicyclic) bond motifs is 1. The summed E-state index contributed by atoms with van der Waals surface area (Å²) in [5, 5.41) is 12.3. The first-order valence-corrected chi connectivity index (χ1v) is 9.42. The van der Waals surface area contributed by atoms with Crippen molar-refractivity contribution in [3.8, 4) is 6.07 Å². The third kappa shape index (κ3) is 3.50. The molecule has 2 aliphatic heterocycles. The van der Waals surface area contributed by atoms with Gasteiger partial charge in [-0.3, -0.25) is 24.1 Å². The number of carbonyl (C=O) groups excluding carboxylic acids is 4. The van der Waals surface area contributed by atoms with Gasteiger partial charge in [-0.05, 0) is 20.4 Å². The second kappa shape index (κ2) is 7.89. The van der Waals surface area contributed by atoms with Crippen molar-refractivity contribution >= 4 is 23.3 Å². The molecule has 0 spiro atoms. The first kappa shape index (κ1) is 20.9. The summed E-state index contributed by atoms with van der Waals surface area (Å²) in [4.78, 5) is 53.3. The number of nitrogens with zero attached hydrogens (tertiary/aromatic N) is 3. The minimum Gasteiger partial charge on any atom is -0.492 e. The van der Waals surface area contributed by atoms with Crippen LogP contribution in [0.1, 0.15) is 20.3 Å². The molecular weight excluding hydrogens is 376 g/mol. The van der Waals surface area contributed by atoms with E-state index in [0.29, 0.717) is 25.1 Å². The second-order valence-electron chi connectivity index (χ2n) is 7.66. The number of ether oxygens (including phenoxy) is 1. The predicted molar refractivity (Wildman–Crippen MR) is 101 cm³/mol. The fourth-order valence-corrected chi connectivity index (χ4v) is 4.51. The highest BCUT2D eigenvalue weighted by Crippen LogP contribution is 2.39. The van der Waals surface area contributed by atoms with Gasteiger partial charge in [0.15, 0.2) is 11.5 Å². The zero-order valence-corrected chi connectivity index (χ0v) is 16.9. The number of piperazine rings is 1. The lowest BCUT2D eigenvalue weighted by molar-refractivity contribution is -0.136. The largest absolute Gasteiger partial charge is 0.492 e. The van der Waals surface area contributed by atoms with Crippen LogP contribution in [-0.2, 0) is 23.9 Å². The number of ketones is 3. The molecule has 0 aromatic rings. The number of amides is 1. The Morgan fingerprint density at radius 1 is 1.28 bits per heavy atom. The Morgan fingerprint density at radius 3 is 2.55 bits per heavy atom. The summed E-state index contributed by atoms with van der Waals surface area (Å²) in [7, 11) is 3.24. The van der Waals surface area contributed by atoms with E-state index in [4.69, 9.17) is 4.74 Å². The number of nitrogens with one attached hydrogen (secondary N) is 1. The summed E-state index contributed by atoms with van der Waals surface area (Å²) < 4.78 is 5.20. The van der Waals surface area contributed by atoms with Gasteiger partial charge >= 0.3 is 0 Å². The van der Waals surface area contributed by atoms with Crippen molar-refractivity contribution in [1.82, 2.24) is 15.1 Å². The number of Topliss-reactive ketones (excluding diaryl/α,β-unsaturated/α-hetero) is 3. The van der Waals surface area contributed by atoms with Crippen LogP contribution in [-0.4, -0.2) is 85.0 Å². The standard InChI is InChI=1S/C20H24N4O5/c1-10-17(26)14-5-12-8-23(3)9-13(6-21)24(12)15(7-22-20(28)11(2)25)16(14)18(27)19(10)29-4/h12-13,15H,5,7-9H2,1-4H3,(H,22,28)/t12-,13-,15-/m0/s1. The molecule has 29 heavy (non-hydrogen) atoms. The molecule has 1 N–H and O–H groups in total. The molecule has 0 bridgehead atoms. The molecule has 154 valence electrons. The van der Waals surface area contributed by atoms with Crippen LogP contribution in [0.15, 0.2) is 22.5 Å². The molecule has 0 unspecified atom stereocenters. The summed E-state index contributed by atoms with van der Waals surface area (Å²) in [6.45, 7) is 3.76. The Morgan fingerprint density at radius 2 is 1.97 bits per heavy atom. The molecule has 0 aromatic carbocycles. The second-order valence-corrected chi connectivity index (χ2v) is 7.66. The van der Waals surface area contributed by atoms with Crippen molar-refractivity contribution in [2.75, 3.05) is 33.8 Å². The van der Waals surface area contributed by atoms with Gasteiger partial charge in [0, 0.05) is 49.3 Å². The summed E-state index contributed by atoms with van der Waals surface area (Å²) in [5.41, 5.74) is 0.920. The highest BCUT2D eigenvalue weighted by Gasteiger charge is 2.49. The number of carbonyl (C=O) groups is 4. The number of nitriles is 1. The fraction of sp³-hybridized carbons (Fsp3) is 0.550. The van der Waals surface area contributed by atoms with E-state index in [1.54, 1.807) is 6.92 Å². The van der Waals surface area contributed by atoms with Crippen LogP contribution < -0.4 is 5.32 Å². The maximum Gasteiger partial charge on any atom is 0.287 e. The Hall–Kier alpha value is -2.83. The lowest BCUT2D eigenvalue weighted by Crippen LogP contribution is -2.65. The Balaban J connectivity index is 2.08. The number of allylic oxidation sites excluding steroid dienone is 2. The molecule has 3 atom stereocenters. The quantitative estimate of drug-likeness (QED) is 0.488. The van der Waals surface area contributed by atoms with E-state index in [1.807, 2.05) is 16.8 Å². The van der Waals surface area contributed by atoms with E-state index in [1.165, 1.54) is 7.11 Å². The summed E-state index contributed by atoms with van der Waals surface area (Å²) in [5.74, 6) is -2.10. The summed E-state index contributed by atoms with van der Waals surface area (Å²) in [6, 6.07) is 0.895. The first-order chi connectivity index (χ1) is 13.7. The van der Waals surface area contributed by atoms with E-state index in [-0.39, 0.29) is 35.3 Å². The molecule has 1 saturated heterocycles. The smallest absolute Gasteiger partial charge is 0.287 e. The average Bonchev–Trinajstić information content (AvgIpc) is 2.68. The molecule has 1 aliphatic carbocycles. The third-order valence-electron chi connectivity index (χ3n) is 5.78. The van der Waals surface area contributed by atoms with Crippen molar-refractivity contribution in [1.29, 1.82) is 5.26 Å². The number of likely N-dealkylation sites (N-methyl/N-ethyl adjacent to an activating group) is 1. The van der Waals surface area contributed by atoms with Crippen molar-refractivity contribution in [2.24, 2.45) is 0 Å². The van der Waals surface area contributed by atoms with Gasteiger partial charge in [0.1, 0.15) is 6.04 Å². The van der Waals surface area contributed by atoms with Crippen LogP contribution in [0.25, 0.3) is 0 Å². The van der Waals surface area contributed by atoms with Gasteiger partial charge in [-0.1, -0.05) is 0 Å². The zero-order chi connectivity index (χ0) is 21.5. The number of rotatable bonds is 4. The molecule has 0 radical (unpaired) electrons. The normalized spacial score (nSPS) is 27.9. The fourth-order valence-electron chi connectivity index (χ4n) is 4.51. The molecule has 0 saturated carbocycles.